The van der Waals surface area contributed by atoms with Crippen molar-refractivity contribution in [2.24, 2.45) is 0 Å². The molecule has 3 aliphatic rings. The molecule has 5 heterocycles. The summed E-state index contributed by atoms with van der Waals surface area (Å²) in [5.74, 6) is -2.78. The third-order valence-corrected chi connectivity index (χ3v) is 15.0. The first kappa shape index (κ1) is 47.4. The van der Waals surface area contributed by atoms with Crippen LogP contribution in [0.2, 0.25) is 0 Å². The van der Waals surface area contributed by atoms with Gasteiger partial charge in [0.15, 0.2) is 5.82 Å². The molecule has 0 radical (unpaired) electrons. The second-order valence-electron chi connectivity index (χ2n) is 17.7. The lowest BCUT2D eigenvalue weighted by Gasteiger charge is -2.43. The van der Waals surface area contributed by atoms with Crippen LogP contribution in [0.4, 0.5) is 42.0 Å². The van der Waals surface area contributed by atoms with Gasteiger partial charge in [-0.25, -0.2) is 18.2 Å². The molecule has 13 nitrogen and oxygen atoms in total. The van der Waals surface area contributed by atoms with Crippen LogP contribution in [0.5, 0.6) is 5.75 Å². The summed E-state index contributed by atoms with van der Waals surface area (Å²) in [5, 5.41) is 9.78. The minimum atomic E-state index is -2.93. The monoisotopic (exact) mass is 989 g/mol. The fraction of sp³-hybridized carbons (Fsp3) is 0.438. The Labute approximate surface area is 391 Å². The van der Waals surface area contributed by atoms with Crippen molar-refractivity contribution in [2.75, 3.05) is 81.3 Å². The fourth-order valence-corrected chi connectivity index (χ4v) is 11.3. The van der Waals surface area contributed by atoms with Gasteiger partial charge in [-0.15, -0.1) is 0 Å². The zero-order valence-corrected chi connectivity index (χ0v) is 40.4. The van der Waals surface area contributed by atoms with E-state index in [9.17, 15) is 14.2 Å². The molecule has 0 aliphatic carbocycles. The van der Waals surface area contributed by atoms with Crippen LogP contribution in [0.3, 0.4) is 0 Å². The molecule has 5 aromatic rings. The second-order valence-corrected chi connectivity index (χ2v) is 21.7. The summed E-state index contributed by atoms with van der Waals surface area (Å²) >= 11 is 3.55. The topological polar surface area (TPSA) is 145 Å². The number of fused-ring (bicyclic) bond motifs is 1. The Bertz CT molecular complexity index is 2680. The van der Waals surface area contributed by atoms with Crippen LogP contribution in [0.15, 0.2) is 53.3 Å². The van der Waals surface area contributed by atoms with E-state index < -0.39 is 42.3 Å². The van der Waals surface area contributed by atoms with Crippen molar-refractivity contribution in [2.45, 2.75) is 71.3 Å². The molecule has 8 rings (SSSR count). The fourth-order valence-electron chi connectivity index (χ4n) is 9.55. The number of carbonyl (C=O) groups is 2. The lowest BCUT2D eigenvalue weighted by Crippen LogP contribution is -2.53. The van der Waals surface area contributed by atoms with E-state index in [1.54, 1.807) is 31.8 Å². The third kappa shape index (κ3) is 10.4. The molecule has 1 unspecified atom stereocenters. The van der Waals surface area contributed by atoms with Gasteiger partial charge < -0.3 is 29.7 Å². The lowest BCUT2D eigenvalue weighted by atomic mass is 9.89. The summed E-state index contributed by atoms with van der Waals surface area (Å²) in [5.41, 5.74) is 4.61. The van der Waals surface area contributed by atoms with Crippen LogP contribution in [-0.2, 0) is 27.0 Å². The first-order valence-electron chi connectivity index (χ1n) is 22.6. The van der Waals surface area contributed by atoms with E-state index in [4.69, 9.17) is 9.72 Å². The van der Waals surface area contributed by atoms with E-state index in [1.807, 2.05) is 13.8 Å². The molecule has 3 aliphatic heterocycles. The molecule has 18 heteroatoms. The van der Waals surface area contributed by atoms with Crippen LogP contribution in [0.1, 0.15) is 67.7 Å². The SMILES string of the molecule is CCOc1cc(N2CCC(N3CCN(CCc4cc(F)c(C5CCC(=O)NC5=O)c(F)c4)CC3)CC2)c(CC)cc1Nc1ncc(Br)c(Nc2cc(F)c3ncc(C)cc3c2P(C)(C)=O)n1. The lowest BCUT2D eigenvalue weighted by molar-refractivity contribution is -0.134. The average Bonchev–Trinajstić information content (AvgIpc) is 3.27. The normalized spacial score (nSPS) is 17.9. The number of imide groups is 1. The van der Waals surface area contributed by atoms with Crippen LogP contribution in [0, 0.1) is 24.4 Å². The predicted octanol–water partition coefficient (Wildman–Crippen LogP) is 8.56. The number of pyridine rings is 1. The number of hydrogen-bond acceptors (Lipinski definition) is 12. The molecule has 350 valence electrons. The van der Waals surface area contributed by atoms with Gasteiger partial charge in [0.1, 0.15) is 35.9 Å². The number of hydrogen-bond donors (Lipinski definition) is 3. The molecule has 0 spiro atoms. The number of aryl methyl sites for hydroxylation is 2. The van der Waals surface area contributed by atoms with E-state index in [-0.39, 0.29) is 29.9 Å². The van der Waals surface area contributed by atoms with Crippen molar-refractivity contribution in [3.05, 3.63) is 93.0 Å². The zero-order chi connectivity index (χ0) is 46.9. The summed E-state index contributed by atoms with van der Waals surface area (Å²) in [7, 11) is -2.93. The summed E-state index contributed by atoms with van der Waals surface area (Å²) in [6.45, 7) is 15.7. The van der Waals surface area contributed by atoms with Gasteiger partial charge in [0.2, 0.25) is 17.8 Å². The minimum absolute atomic E-state index is 0.0577. The van der Waals surface area contributed by atoms with Crippen LogP contribution >= 0.6 is 23.1 Å². The highest BCUT2D eigenvalue weighted by Gasteiger charge is 2.33. The Kier molecular flexibility index (Phi) is 14.4. The largest absolute Gasteiger partial charge is 0.492 e. The predicted molar refractivity (Wildman–Crippen MR) is 257 cm³/mol. The highest BCUT2D eigenvalue weighted by atomic mass is 79.9. The van der Waals surface area contributed by atoms with E-state index in [1.165, 1.54) is 18.2 Å². The minimum Gasteiger partial charge on any atom is -0.492 e. The molecule has 3 fully saturated rings. The molecule has 2 aromatic heterocycles. The summed E-state index contributed by atoms with van der Waals surface area (Å²) in [4.78, 5) is 44.8. The maximum atomic E-state index is 15.4. The number of benzene rings is 3. The van der Waals surface area contributed by atoms with Gasteiger partial charge in [-0.2, -0.15) is 4.98 Å². The molecule has 0 saturated carbocycles. The Balaban J connectivity index is 0.893. The Morgan fingerprint density at radius 3 is 2.27 bits per heavy atom. The van der Waals surface area contributed by atoms with Crippen LogP contribution in [-0.4, -0.2) is 108 Å². The Morgan fingerprint density at radius 1 is 0.879 bits per heavy atom. The van der Waals surface area contributed by atoms with Crippen molar-refractivity contribution in [3.8, 4) is 5.75 Å². The molecule has 66 heavy (non-hydrogen) atoms. The first-order chi connectivity index (χ1) is 31.6. The van der Waals surface area contributed by atoms with Crippen LogP contribution in [0.25, 0.3) is 10.9 Å². The third-order valence-electron chi connectivity index (χ3n) is 12.8. The smallest absolute Gasteiger partial charge is 0.234 e. The van der Waals surface area contributed by atoms with Crippen molar-refractivity contribution in [3.63, 3.8) is 0 Å². The van der Waals surface area contributed by atoms with E-state index in [0.29, 0.717) is 69.3 Å². The number of ether oxygens (including phenoxy) is 1. The maximum absolute atomic E-state index is 15.4. The number of nitrogens with one attached hydrogen (secondary N) is 3. The summed E-state index contributed by atoms with van der Waals surface area (Å²) in [6.07, 6.45) is 6.65. The molecule has 2 amide bonds. The van der Waals surface area contributed by atoms with E-state index >= 15 is 13.2 Å². The van der Waals surface area contributed by atoms with Gasteiger partial charge in [-0.05, 0) is 116 Å². The van der Waals surface area contributed by atoms with Gasteiger partial charge in [-0.1, -0.05) is 6.92 Å². The number of anilines is 5. The highest BCUT2D eigenvalue weighted by molar-refractivity contribution is 9.10. The Morgan fingerprint density at radius 2 is 1.61 bits per heavy atom. The molecular weight excluding hydrogens is 934 g/mol. The van der Waals surface area contributed by atoms with Crippen LogP contribution < -0.4 is 30.9 Å². The molecule has 0 bridgehead atoms. The number of carbonyl (C=O) groups excluding carboxylic acids is 2. The number of rotatable bonds is 14. The standard InChI is InChI=1S/C48H56BrF3N9O4P/c1-6-30-23-38(56-48-54-27-34(49)46(58-48)55-39-24-37(52)44-33(20-28(3)26-53-44)45(39)66(4,5)64)41(65-7-2)25-40(30)61-14-11-31(12-15-61)60-18-16-59(17-19-60)13-10-29-21-35(50)43(36(51)22-29)32-8-9-42(62)57-47(32)63/h20-27,31-32H,6-19H2,1-5H3,(H,57,62,63)(H2,54,55,56,58). The highest BCUT2D eigenvalue weighted by Crippen LogP contribution is 2.43. The van der Waals surface area contributed by atoms with Gasteiger partial charge in [0, 0.05) is 105 Å². The maximum Gasteiger partial charge on any atom is 0.234 e. The molecular formula is C48H56BrF3N9O4P. The van der Waals surface area contributed by atoms with Crippen molar-refractivity contribution in [1.29, 1.82) is 0 Å². The first-order valence-corrected chi connectivity index (χ1v) is 26.0. The number of piperidine rings is 2. The second kappa shape index (κ2) is 20.0. The van der Waals surface area contributed by atoms with Crippen molar-refractivity contribution >= 4 is 79.9 Å². The van der Waals surface area contributed by atoms with Gasteiger partial charge in [-0.3, -0.25) is 24.8 Å². The Hall–Kier alpha value is -5.09. The number of piperazine rings is 1. The quantitative estimate of drug-likeness (QED) is 0.0725. The molecule has 3 N–H and O–H groups in total. The number of nitrogens with zero attached hydrogens (tertiary/aromatic N) is 6. The average molecular weight is 991 g/mol. The molecule has 3 saturated heterocycles. The number of aromatic nitrogens is 3. The molecule has 3 aromatic carbocycles. The summed E-state index contributed by atoms with van der Waals surface area (Å²) in [6, 6.07) is 10.4. The number of amides is 2. The van der Waals surface area contributed by atoms with Crippen molar-refractivity contribution in [1.82, 2.24) is 30.1 Å². The van der Waals surface area contributed by atoms with E-state index in [2.05, 4.69) is 75.6 Å². The number of halogens is 4. The molecule has 1 atom stereocenters. The van der Waals surface area contributed by atoms with Gasteiger partial charge >= 0.3 is 0 Å². The van der Waals surface area contributed by atoms with Gasteiger partial charge in [0.05, 0.1) is 28.4 Å². The zero-order valence-electron chi connectivity index (χ0n) is 37.9. The van der Waals surface area contributed by atoms with Crippen molar-refractivity contribution < 1.29 is 32.1 Å². The van der Waals surface area contributed by atoms with E-state index in [0.717, 1.165) is 75.3 Å². The summed E-state index contributed by atoms with van der Waals surface area (Å²) < 4.78 is 66.1. The van der Waals surface area contributed by atoms with Gasteiger partial charge in [0.25, 0.3) is 0 Å².